The van der Waals surface area contributed by atoms with Crippen LogP contribution in [0.5, 0.6) is 0 Å². The molecule has 0 fully saturated rings. The highest BCUT2D eigenvalue weighted by Gasteiger charge is 2.20. The SMILES string of the molecule is CC(C)(C)C(Br)CCCc1ccc(Cl)c(Cl)c1. The highest BCUT2D eigenvalue weighted by molar-refractivity contribution is 9.09. The zero-order chi connectivity index (χ0) is 13.1. The molecule has 1 unspecified atom stereocenters. The van der Waals surface area contributed by atoms with Crippen molar-refractivity contribution in [1.82, 2.24) is 0 Å². The lowest BCUT2D eigenvalue weighted by Crippen LogP contribution is -2.20. The Balaban J connectivity index is 2.44. The van der Waals surface area contributed by atoms with Gasteiger partial charge in [0.25, 0.3) is 0 Å². The van der Waals surface area contributed by atoms with Crippen LogP contribution >= 0.6 is 39.1 Å². The summed E-state index contributed by atoms with van der Waals surface area (Å²) in [7, 11) is 0. The second-order valence-corrected chi connectivity index (χ2v) is 7.39. The molecule has 0 aliphatic carbocycles. The molecular formula is C14H19BrCl2. The van der Waals surface area contributed by atoms with Crippen molar-refractivity contribution in [3.63, 3.8) is 0 Å². The van der Waals surface area contributed by atoms with E-state index in [0.29, 0.717) is 20.3 Å². The Morgan fingerprint density at radius 3 is 2.35 bits per heavy atom. The fourth-order valence-corrected chi connectivity index (χ4v) is 2.26. The number of halogens is 3. The smallest absolute Gasteiger partial charge is 0.0595 e. The standard InChI is InChI=1S/C14H19BrCl2/c1-14(2,3)13(15)6-4-5-10-7-8-11(16)12(17)9-10/h7-9,13H,4-6H2,1-3H3. The first-order chi connectivity index (χ1) is 7.80. The van der Waals surface area contributed by atoms with Crippen LogP contribution in [0.1, 0.15) is 39.2 Å². The van der Waals surface area contributed by atoms with Crippen molar-refractivity contribution < 1.29 is 0 Å². The van der Waals surface area contributed by atoms with Crippen molar-refractivity contribution in [1.29, 1.82) is 0 Å². The van der Waals surface area contributed by atoms with Gasteiger partial charge in [-0.3, -0.25) is 0 Å². The van der Waals surface area contributed by atoms with Gasteiger partial charge in [0.2, 0.25) is 0 Å². The summed E-state index contributed by atoms with van der Waals surface area (Å²) >= 11 is 15.6. The summed E-state index contributed by atoms with van der Waals surface area (Å²) in [6.07, 6.45) is 3.38. The molecule has 1 aromatic carbocycles. The largest absolute Gasteiger partial charge is 0.0885 e. The van der Waals surface area contributed by atoms with Crippen molar-refractivity contribution in [2.45, 2.75) is 44.9 Å². The van der Waals surface area contributed by atoms with Crippen LogP contribution in [-0.2, 0) is 6.42 Å². The molecule has 0 N–H and O–H groups in total. The van der Waals surface area contributed by atoms with Gasteiger partial charge in [-0.05, 0) is 42.4 Å². The summed E-state index contributed by atoms with van der Waals surface area (Å²) in [5, 5.41) is 1.28. The Kier molecular flexibility index (Phi) is 5.82. The molecule has 1 rings (SSSR count). The third kappa shape index (κ3) is 5.19. The highest BCUT2D eigenvalue weighted by atomic mass is 79.9. The van der Waals surface area contributed by atoms with Gasteiger partial charge in [-0.25, -0.2) is 0 Å². The quantitative estimate of drug-likeness (QED) is 0.580. The maximum Gasteiger partial charge on any atom is 0.0595 e. The van der Waals surface area contributed by atoms with Gasteiger partial charge in [0.15, 0.2) is 0 Å². The monoisotopic (exact) mass is 336 g/mol. The molecule has 96 valence electrons. The Morgan fingerprint density at radius 1 is 1.18 bits per heavy atom. The van der Waals surface area contributed by atoms with Crippen LogP contribution in [0, 0.1) is 5.41 Å². The predicted molar refractivity (Wildman–Crippen MR) is 81.6 cm³/mol. The van der Waals surface area contributed by atoms with Crippen molar-refractivity contribution in [2.24, 2.45) is 5.41 Å². The average Bonchev–Trinajstić information content (AvgIpc) is 2.22. The lowest BCUT2D eigenvalue weighted by Gasteiger charge is -2.25. The Hall–Kier alpha value is 0.280. The minimum Gasteiger partial charge on any atom is -0.0885 e. The molecule has 17 heavy (non-hydrogen) atoms. The molecular weight excluding hydrogens is 319 g/mol. The van der Waals surface area contributed by atoms with Crippen LogP contribution in [0.15, 0.2) is 18.2 Å². The number of hydrogen-bond donors (Lipinski definition) is 0. The minimum atomic E-state index is 0.317. The van der Waals surface area contributed by atoms with E-state index in [1.54, 1.807) is 0 Å². The number of rotatable bonds is 4. The summed E-state index contributed by atoms with van der Waals surface area (Å²) in [6, 6.07) is 5.88. The second-order valence-electron chi connectivity index (χ2n) is 5.47. The number of benzene rings is 1. The molecule has 3 heteroatoms. The lowest BCUT2D eigenvalue weighted by atomic mass is 9.89. The van der Waals surface area contributed by atoms with Crippen LogP contribution < -0.4 is 0 Å². The molecule has 1 atom stereocenters. The first kappa shape index (κ1) is 15.3. The highest BCUT2D eigenvalue weighted by Crippen LogP contribution is 2.30. The van der Waals surface area contributed by atoms with Gasteiger partial charge < -0.3 is 0 Å². The third-order valence-electron chi connectivity index (χ3n) is 2.85. The molecule has 0 saturated heterocycles. The van der Waals surface area contributed by atoms with E-state index >= 15 is 0 Å². The van der Waals surface area contributed by atoms with Gasteiger partial charge >= 0.3 is 0 Å². The topological polar surface area (TPSA) is 0 Å². The van der Waals surface area contributed by atoms with E-state index in [1.807, 2.05) is 12.1 Å². The van der Waals surface area contributed by atoms with E-state index in [-0.39, 0.29) is 0 Å². The average molecular weight is 338 g/mol. The van der Waals surface area contributed by atoms with Gasteiger partial charge in [0.05, 0.1) is 10.0 Å². The molecule has 0 amide bonds. The molecule has 0 aromatic heterocycles. The maximum atomic E-state index is 5.99. The van der Waals surface area contributed by atoms with Gasteiger partial charge in [-0.15, -0.1) is 0 Å². The van der Waals surface area contributed by atoms with Gasteiger partial charge in [0.1, 0.15) is 0 Å². The van der Waals surface area contributed by atoms with E-state index in [4.69, 9.17) is 23.2 Å². The van der Waals surface area contributed by atoms with Crippen molar-refractivity contribution in [3.8, 4) is 0 Å². The minimum absolute atomic E-state index is 0.317. The van der Waals surface area contributed by atoms with Crippen LogP contribution in [0.3, 0.4) is 0 Å². The van der Waals surface area contributed by atoms with Crippen LogP contribution in [0.4, 0.5) is 0 Å². The Bertz CT molecular complexity index is 369. The molecule has 0 nitrogen and oxygen atoms in total. The summed E-state index contributed by atoms with van der Waals surface area (Å²) in [4.78, 5) is 0.553. The maximum absolute atomic E-state index is 5.99. The third-order valence-corrected chi connectivity index (χ3v) is 5.42. The summed E-state index contributed by atoms with van der Waals surface area (Å²) < 4.78 is 0. The Labute approximate surface area is 123 Å². The van der Waals surface area contributed by atoms with E-state index in [0.717, 1.165) is 12.8 Å². The number of aryl methyl sites for hydroxylation is 1. The number of alkyl halides is 1. The molecule has 0 spiro atoms. The zero-order valence-electron chi connectivity index (χ0n) is 10.6. The van der Waals surface area contributed by atoms with Crippen molar-refractivity contribution in [2.75, 3.05) is 0 Å². The summed E-state index contributed by atoms with van der Waals surface area (Å²) in [5.74, 6) is 0. The number of hydrogen-bond acceptors (Lipinski definition) is 0. The Morgan fingerprint density at radius 2 is 1.82 bits per heavy atom. The fourth-order valence-electron chi connectivity index (χ4n) is 1.61. The van der Waals surface area contributed by atoms with Crippen molar-refractivity contribution in [3.05, 3.63) is 33.8 Å². The first-order valence-corrected chi connectivity index (χ1v) is 7.56. The summed E-state index contributed by atoms with van der Waals surface area (Å²) in [6.45, 7) is 6.77. The van der Waals surface area contributed by atoms with E-state index < -0.39 is 0 Å². The van der Waals surface area contributed by atoms with Gasteiger partial charge in [-0.1, -0.05) is 66.0 Å². The predicted octanol–water partition coefficient (Wildman–Crippen LogP) is 6.13. The first-order valence-electron chi connectivity index (χ1n) is 5.88. The fraction of sp³-hybridized carbons (Fsp3) is 0.571. The van der Waals surface area contributed by atoms with Crippen LogP contribution in [0.2, 0.25) is 10.0 Å². The van der Waals surface area contributed by atoms with E-state index in [1.165, 1.54) is 12.0 Å². The summed E-state index contributed by atoms with van der Waals surface area (Å²) in [5.41, 5.74) is 1.57. The molecule has 0 saturated carbocycles. The van der Waals surface area contributed by atoms with E-state index in [2.05, 4.69) is 42.8 Å². The molecule has 0 bridgehead atoms. The molecule has 0 aliphatic heterocycles. The molecule has 0 aliphatic rings. The van der Waals surface area contributed by atoms with E-state index in [9.17, 15) is 0 Å². The van der Waals surface area contributed by atoms with Gasteiger partial charge in [0, 0.05) is 4.83 Å². The lowest BCUT2D eigenvalue weighted by molar-refractivity contribution is 0.380. The van der Waals surface area contributed by atoms with Crippen LogP contribution in [-0.4, -0.2) is 4.83 Å². The van der Waals surface area contributed by atoms with Crippen molar-refractivity contribution >= 4 is 39.1 Å². The molecule has 0 radical (unpaired) electrons. The molecule has 0 heterocycles. The van der Waals surface area contributed by atoms with Gasteiger partial charge in [-0.2, -0.15) is 0 Å². The normalized spacial score (nSPS) is 13.8. The second kappa shape index (κ2) is 6.45. The van der Waals surface area contributed by atoms with Crippen LogP contribution in [0.25, 0.3) is 0 Å². The molecule has 1 aromatic rings. The zero-order valence-corrected chi connectivity index (χ0v) is 13.7.